The summed E-state index contributed by atoms with van der Waals surface area (Å²) in [5, 5.41) is 0. The number of halogens is 1. The van der Waals surface area contributed by atoms with Crippen LogP contribution in [0.15, 0.2) is 103 Å². The van der Waals surface area contributed by atoms with Gasteiger partial charge in [0.15, 0.2) is 0 Å². The average molecular weight is 452 g/mol. The molecule has 0 unspecified atom stereocenters. The van der Waals surface area contributed by atoms with Crippen LogP contribution in [0, 0.1) is 0 Å². The molecule has 1 heterocycles. The second-order valence-corrected chi connectivity index (χ2v) is 6.76. The molecule has 122 valence electrons. The highest BCUT2D eigenvalue weighted by molar-refractivity contribution is 7.18. The van der Waals surface area contributed by atoms with Gasteiger partial charge in [0.2, 0.25) is 21.1 Å². The molecular formula is C23H17IS. The zero-order valence-corrected chi connectivity index (χ0v) is 16.6. The van der Waals surface area contributed by atoms with Crippen molar-refractivity contribution in [1.82, 2.24) is 0 Å². The van der Waals surface area contributed by atoms with E-state index in [2.05, 4.69) is 103 Å². The summed E-state index contributed by atoms with van der Waals surface area (Å²) >= 11 is 1.84. The summed E-state index contributed by atoms with van der Waals surface area (Å²) in [7, 11) is 0. The van der Waals surface area contributed by atoms with E-state index in [9.17, 15) is 0 Å². The first-order chi connectivity index (χ1) is 11.9. The van der Waals surface area contributed by atoms with Crippen LogP contribution in [-0.4, -0.2) is 0 Å². The third-order valence-electron chi connectivity index (χ3n) is 4.02. The summed E-state index contributed by atoms with van der Waals surface area (Å²) in [4.78, 5) is 2.58. The van der Waals surface area contributed by atoms with Crippen LogP contribution in [-0.2, 0) is 0 Å². The van der Waals surface area contributed by atoms with Crippen molar-refractivity contribution < 1.29 is 24.0 Å². The van der Waals surface area contributed by atoms with Gasteiger partial charge in [-0.05, 0) is 35.4 Å². The van der Waals surface area contributed by atoms with E-state index < -0.39 is 0 Å². The molecule has 0 N–H and O–H groups in total. The van der Waals surface area contributed by atoms with Crippen molar-refractivity contribution in [3.05, 3.63) is 103 Å². The molecule has 0 bridgehead atoms. The van der Waals surface area contributed by atoms with Crippen LogP contribution in [0.4, 0.5) is 0 Å². The first kappa shape index (κ1) is 17.8. The molecule has 0 spiro atoms. The van der Waals surface area contributed by atoms with E-state index in [0.29, 0.717) is 0 Å². The van der Waals surface area contributed by atoms with E-state index in [-0.39, 0.29) is 24.0 Å². The lowest BCUT2D eigenvalue weighted by atomic mass is 10.0. The normalized spacial score (nSPS) is 10.1. The Kier molecular flexibility index (Phi) is 5.95. The van der Waals surface area contributed by atoms with Crippen LogP contribution in [0.2, 0.25) is 0 Å². The van der Waals surface area contributed by atoms with Crippen LogP contribution in [0.1, 0.15) is 0 Å². The molecule has 3 aromatic carbocycles. The predicted molar refractivity (Wildman–Crippen MR) is 105 cm³/mol. The molecule has 0 saturated carbocycles. The Bertz CT molecular complexity index is 796. The third-order valence-corrected chi connectivity index (χ3v) is 5.16. The van der Waals surface area contributed by atoms with Gasteiger partial charge in [-0.1, -0.05) is 66.7 Å². The Labute approximate surface area is 169 Å². The molecule has 0 aliphatic heterocycles. The Morgan fingerprint density at radius 2 is 0.760 bits per heavy atom. The highest BCUT2D eigenvalue weighted by Crippen LogP contribution is 2.37. The maximum absolute atomic E-state index is 2.29. The molecule has 0 radical (unpaired) electrons. The van der Waals surface area contributed by atoms with Crippen LogP contribution >= 0.6 is 11.3 Å². The zero-order valence-electron chi connectivity index (χ0n) is 13.6. The summed E-state index contributed by atoms with van der Waals surface area (Å²) in [5.74, 6) is 0. The molecule has 25 heavy (non-hydrogen) atoms. The van der Waals surface area contributed by atoms with Gasteiger partial charge in [0, 0.05) is 23.3 Å². The maximum Gasteiger partial charge on any atom is 0.239 e. The summed E-state index contributed by atoms with van der Waals surface area (Å²) in [6.07, 6.45) is 0. The SMILES string of the molecule is [I-].c1ccc(-c2cc(-c3ccccc3)[s+]c(-c3ccccc3)c2)cc1. The van der Waals surface area contributed by atoms with E-state index in [1.54, 1.807) is 0 Å². The van der Waals surface area contributed by atoms with Crippen LogP contribution < -0.4 is 24.0 Å². The van der Waals surface area contributed by atoms with Crippen LogP contribution in [0.5, 0.6) is 0 Å². The van der Waals surface area contributed by atoms with Gasteiger partial charge in [0.25, 0.3) is 0 Å². The fourth-order valence-electron chi connectivity index (χ4n) is 2.79. The number of hydrogen-bond acceptors (Lipinski definition) is 0. The van der Waals surface area contributed by atoms with Gasteiger partial charge in [-0.25, -0.2) is 0 Å². The van der Waals surface area contributed by atoms with E-state index in [0.717, 1.165) is 0 Å². The summed E-state index contributed by atoms with van der Waals surface area (Å²) in [6.45, 7) is 0. The Morgan fingerprint density at radius 3 is 1.16 bits per heavy atom. The van der Waals surface area contributed by atoms with Crippen LogP contribution in [0.25, 0.3) is 32.0 Å². The molecule has 0 nitrogen and oxygen atoms in total. The molecule has 4 rings (SSSR count). The van der Waals surface area contributed by atoms with Gasteiger partial charge < -0.3 is 24.0 Å². The minimum Gasteiger partial charge on any atom is -1.00 e. The predicted octanol–water partition coefficient (Wildman–Crippen LogP) is 4.03. The molecule has 0 amide bonds. The summed E-state index contributed by atoms with van der Waals surface area (Å²) in [6, 6.07) is 36.4. The van der Waals surface area contributed by atoms with Crippen molar-refractivity contribution in [3.8, 4) is 32.0 Å². The fraction of sp³-hybridized carbons (Fsp3) is 0. The number of benzene rings is 3. The van der Waals surface area contributed by atoms with Crippen molar-refractivity contribution in [2.45, 2.75) is 0 Å². The lowest BCUT2D eigenvalue weighted by Gasteiger charge is -2.02. The van der Waals surface area contributed by atoms with E-state index >= 15 is 0 Å². The monoisotopic (exact) mass is 452 g/mol. The van der Waals surface area contributed by atoms with Crippen molar-refractivity contribution in [1.29, 1.82) is 0 Å². The summed E-state index contributed by atoms with van der Waals surface area (Å²) in [5.41, 5.74) is 5.03. The zero-order chi connectivity index (χ0) is 16.2. The van der Waals surface area contributed by atoms with E-state index in [4.69, 9.17) is 0 Å². The topological polar surface area (TPSA) is 0 Å². The Hall–Kier alpha value is -2.04. The molecule has 0 aliphatic rings. The summed E-state index contributed by atoms with van der Waals surface area (Å²) < 4.78 is 0. The number of hydrogen-bond donors (Lipinski definition) is 0. The molecule has 0 fully saturated rings. The molecule has 1 aromatic heterocycles. The first-order valence-corrected chi connectivity index (χ1v) is 8.86. The van der Waals surface area contributed by atoms with E-state index in [1.807, 2.05) is 11.3 Å². The van der Waals surface area contributed by atoms with Crippen molar-refractivity contribution in [2.75, 3.05) is 0 Å². The largest absolute Gasteiger partial charge is 1.00 e. The molecule has 4 aromatic rings. The van der Waals surface area contributed by atoms with Gasteiger partial charge in [-0.15, -0.1) is 0 Å². The minimum absolute atomic E-state index is 0. The second kappa shape index (κ2) is 8.37. The molecular weight excluding hydrogens is 435 g/mol. The van der Waals surface area contributed by atoms with Crippen molar-refractivity contribution in [2.24, 2.45) is 0 Å². The number of rotatable bonds is 3. The van der Waals surface area contributed by atoms with Crippen molar-refractivity contribution in [3.63, 3.8) is 0 Å². The van der Waals surface area contributed by atoms with Gasteiger partial charge >= 0.3 is 0 Å². The molecule has 0 aliphatic carbocycles. The standard InChI is InChI=1S/C23H17S.HI/c1-4-10-18(11-5-1)21-16-22(19-12-6-2-7-13-19)24-23(17-21)20-14-8-3-9-15-20;/h1-17H;1H/q+1;/p-1. The highest BCUT2D eigenvalue weighted by Gasteiger charge is 2.18. The van der Waals surface area contributed by atoms with Gasteiger partial charge in [0.1, 0.15) is 0 Å². The Balaban J connectivity index is 0.00000182. The second-order valence-electron chi connectivity index (χ2n) is 5.67. The quantitative estimate of drug-likeness (QED) is 0.325. The Morgan fingerprint density at radius 1 is 0.400 bits per heavy atom. The fourth-order valence-corrected chi connectivity index (χ4v) is 3.90. The first-order valence-electron chi connectivity index (χ1n) is 8.04. The highest BCUT2D eigenvalue weighted by atomic mass is 127. The van der Waals surface area contributed by atoms with Gasteiger partial charge in [-0.3, -0.25) is 0 Å². The van der Waals surface area contributed by atoms with Crippen LogP contribution in [0.3, 0.4) is 0 Å². The van der Waals surface area contributed by atoms with Gasteiger partial charge in [-0.2, -0.15) is 0 Å². The third kappa shape index (κ3) is 4.14. The molecule has 2 heteroatoms. The smallest absolute Gasteiger partial charge is 0.239 e. The average Bonchev–Trinajstić information content (AvgIpc) is 2.70. The minimum atomic E-state index is 0. The van der Waals surface area contributed by atoms with E-state index in [1.165, 1.54) is 32.0 Å². The maximum atomic E-state index is 2.29. The van der Waals surface area contributed by atoms with Gasteiger partial charge in [0.05, 0.1) is 0 Å². The van der Waals surface area contributed by atoms with Crippen molar-refractivity contribution >= 4 is 11.3 Å². The molecule has 0 saturated heterocycles. The lowest BCUT2D eigenvalue weighted by molar-refractivity contribution is -0.00000447. The molecule has 0 atom stereocenters. The lowest BCUT2D eigenvalue weighted by Crippen LogP contribution is -3.00.